The van der Waals surface area contributed by atoms with Crippen LogP contribution in [0, 0.1) is 23.0 Å². The van der Waals surface area contributed by atoms with Crippen molar-refractivity contribution in [2.24, 2.45) is 5.92 Å². The van der Waals surface area contributed by atoms with Crippen LogP contribution in [0.3, 0.4) is 0 Å². The van der Waals surface area contributed by atoms with Gasteiger partial charge in [-0.2, -0.15) is 0 Å². The van der Waals surface area contributed by atoms with E-state index in [4.69, 9.17) is 0 Å². The largest absolute Gasteiger partial charge is 0.466 e. The van der Waals surface area contributed by atoms with E-state index in [1.54, 1.807) is 12.1 Å². The quantitative estimate of drug-likeness (QED) is 0.283. The van der Waals surface area contributed by atoms with Crippen molar-refractivity contribution in [1.82, 2.24) is 5.32 Å². The Hall–Kier alpha value is -3.88. The summed E-state index contributed by atoms with van der Waals surface area (Å²) < 4.78 is 4.56. The number of urea groups is 1. The number of aryl methyl sites for hydroxylation is 1. The normalized spacial score (nSPS) is 15.8. The third-order valence-corrected chi connectivity index (χ3v) is 5.53. The van der Waals surface area contributed by atoms with E-state index in [1.165, 1.54) is 25.3 Å². The van der Waals surface area contributed by atoms with Gasteiger partial charge in [-0.1, -0.05) is 23.8 Å². The van der Waals surface area contributed by atoms with E-state index >= 15 is 0 Å². The van der Waals surface area contributed by atoms with Crippen molar-refractivity contribution < 1.29 is 19.2 Å². The van der Waals surface area contributed by atoms with Crippen LogP contribution in [0.25, 0.3) is 6.08 Å². The second-order valence-corrected chi connectivity index (χ2v) is 8.02. The Bertz CT molecular complexity index is 1040. The maximum atomic E-state index is 12.2. The van der Waals surface area contributed by atoms with Gasteiger partial charge < -0.3 is 20.3 Å². The number of esters is 1. The van der Waals surface area contributed by atoms with Crippen LogP contribution < -0.4 is 15.5 Å². The zero-order valence-corrected chi connectivity index (χ0v) is 18.7. The fraction of sp³-hybridized carbons (Fsp3) is 0.333. The summed E-state index contributed by atoms with van der Waals surface area (Å²) in [5.74, 6) is -0.361. The first-order valence-electron chi connectivity index (χ1n) is 10.8. The molecule has 0 bridgehead atoms. The Labute approximate surface area is 192 Å². The van der Waals surface area contributed by atoms with Crippen LogP contribution in [0.2, 0.25) is 0 Å². The van der Waals surface area contributed by atoms with Gasteiger partial charge in [0.2, 0.25) is 0 Å². The molecule has 2 aromatic rings. The molecule has 0 spiro atoms. The second-order valence-electron chi connectivity index (χ2n) is 8.02. The number of carbonyl (C=O) groups excluding carboxylic acids is 2. The summed E-state index contributed by atoms with van der Waals surface area (Å²) in [4.78, 5) is 36.8. The molecule has 1 saturated heterocycles. The molecule has 2 amide bonds. The van der Waals surface area contributed by atoms with Crippen LogP contribution in [0.4, 0.5) is 21.9 Å². The van der Waals surface area contributed by atoms with Gasteiger partial charge in [0.05, 0.1) is 12.0 Å². The highest BCUT2D eigenvalue weighted by molar-refractivity contribution is 5.89. The number of anilines is 2. The third kappa shape index (κ3) is 6.80. The lowest BCUT2D eigenvalue weighted by Gasteiger charge is -2.34. The first-order chi connectivity index (χ1) is 15.9. The molecule has 33 heavy (non-hydrogen) atoms. The van der Waals surface area contributed by atoms with Crippen molar-refractivity contribution in [2.75, 3.05) is 37.0 Å². The molecule has 0 aromatic heterocycles. The SMILES string of the molecule is COC(=O)/C=C/c1ccc(N2CCCC(CNC(=O)Nc3ccc(C)cc3)C2)c([N+](=O)[O-])c1. The van der Waals surface area contributed by atoms with Crippen molar-refractivity contribution in [3.05, 3.63) is 69.8 Å². The lowest BCUT2D eigenvalue weighted by molar-refractivity contribution is -0.384. The van der Waals surface area contributed by atoms with Gasteiger partial charge >= 0.3 is 12.0 Å². The summed E-state index contributed by atoms with van der Waals surface area (Å²) in [7, 11) is 1.27. The van der Waals surface area contributed by atoms with E-state index in [0.717, 1.165) is 24.1 Å². The van der Waals surface area contributed by atoms with Gasteiger partial charge in [-0.15, -0.1) is 0 Å². The average Bonchev–Trinajstić information content (AvgIpc) is 2.82. The van der Waals surface area contributed by atoms with Gasteiger partial charge in [0.25, 0.3) is 5.69 Å². The number of rotatable bonds is 7. The Morgan fingerprint density at radius 1 is 1.24 bits per heavy atom. The lowest BCUT2D eigenvalue weighted by atomic mass is 9.97. The molecule has 1 fully saturated rings. The number of methoxy groups -OCH3 is 1. The van der Waals surface area contributed by atoms with Gasteiger partial charge in [-0.05, 0) is 55.5 Å². The van der Waals surface area contributed by atoms with Crippen LogP contribution in [0.15, 0.2) is 48.5 Å². The number of ether oxygens (including phenoxy) is 1. The van der Waals surface area contributed by atoms with Gasteiger partial charge in [0, 0.05) is 37.5 Å². The number of nitrogens with one attached hydrogen (secondary N) is 2. The van der Waals surface area contributed by atoms with E-state index in [1.807, 2.05) is 36.1 Å². The number of carbonyl (C=O) groups is 2. The molecule has 2 N–H and O–H groups in total. The first-order valence-corrected chi connectivity index (χ1v) is 10.8. The molecule has 1 unspecified atom stereocenters. The zero-order valence-electron chi connectivity index (χ0n) is 18.7. The predicted molar refractivity (Wildman–Crippen MR) is 127 cm³/mol. The standard InChI is InChI=1S/C24H28N4O5/c1-17-5-9-20(10-6-17)26-24(30)25-15-19-4-3-13-27(16-19)21-11-7-18(8-12-23(29)33-2)14-22(21)28(31)32/h5-12,14,19H,3-4,13,15-16H2,1-2H3,(H2,25,26,30)/b12-8+. The average molecular weight is 453 g/mol. The number of hydrogen-bond donors (Lipinski definition) is 2. The molecule has 1 aliphatic heterocycles. The van der Waals surface area contributed by atoms with E-state index in [-0.39, 0.29) is 17.6 Å². The highest BCUT2D eigenvalue weighted by Crippen LogP contribution is 2.32. The molecule has 0 radical (unpaired) electrons. The summed E-state index contributed by atoms with van der Waals surface area (Å²) in [6.45, 7) is 3.75. The Kier molecular flexibility index (Phi) is 8.01. The summed E-state index contributed by atoms with van der Waals surface area (Å²) >= 11 is 0. The predicted octanol–water partition coefficient (Wildman–Crippen LogP) is 4.13. The molecular weight excluding hydrogens is 424 g/mol. The lowest BCUT2D eigenvalue weighted by Crippen LogP contribution is -2.42. The smallest absolute Gasteiger partial charge is 0.330 e. The molecule has 1 heterocycles. The van der Waals surface area contributed by atoms with Gasteiger partial charge in [-0.3, -0.25) is 10.1 Å². The van der Waals surface area contributed by atoms with Crippen LogP contribution in [0.1, 0.15) is 24.0 Å². The van der Waals surface area contributed by atoms with Crippen LogP contribution in [-0.2, 0) is 9.53 Å². The summed E-state index contributed by atoms with van der Waals surface area (Å²) in [5.41, 5.74) is 2.89. The van der Waals surface area contributed by atoms with Crippen LogP contribution >= 0.6 is 0 Å². The number of nitro groups is 1. The van der Waals surface area contributed by atoms with Crippen LogP contribution in [0.5, 0.6) is 0 Å². The van der Waals surface area contributed by atoms with Crippen molar-refractivity contribution in [2.45, 2.75) is 19.8 Å². The summed E-state index contributed by atoms with van der Waals surface area (Å²) in [6.07, 6.45) is 4.50. The van der Waals surface area contributed by atoms with Crippen molar-refractivity contribution >= 4 is 35.1 Å². The van der Waals surface area contributed by atoms with E-state index in [2.05, 4.69) is 15.4 Å². The highest BCUT2D eigenvalue weighted by atomic mass is 16.6. The van der Waals surface area contributed by atoms with Crippen molar-refractivity contribution in [1.29, 1.82) is 0 Å². The minimum absolute atomic E-state index is 0.0206. The topological polar surface area (TPSA) is 114 Å². The molecule has 0 aliphatic carbocycles. The van der Waals surface area contributed by atoms with Gasteiger partial charge in [0.1, 0.15) is 5.69 Å². The molecule has 9 heteroatoms. The Morgan fingerprint density at radius 2 is 2.00 bits per heavy atom. The minimum Gasteiger partial charge on any atom is -0.466 e. The molecule has 174 valence electrons. The maximum absolute atomic E-state index is 12.2. The van der Waals surface area contributed by atoms with Crippen molar-refractivity contribution in [3.8, 4) is 0 Å². The minimum atomic E-state index is -0.528. The maximum Gasteiger partial charge on any atom is 0.330 e. The van der Waals surface area contributed by atoms with E-state index in [0.29, 0.717) is 30.9 Å². The number of hydrogen-bond acceptors (Lipinski definition) is 6. The Morgan fingerprint density at radius 3 is 2.70 bits per heavy atom. The number of benzene rings is 2. The van der Waals surface area contributed by atoms with Crippen molar-refractivity contribution in [3.63, 3.8) is 0 Å². The first kappa shape index (κ1) is 23.8. The molecular formula is C24H28N4O5. The molecule has 1 aliphatic rings. The fourth-order valence-corrected chi connectivity index (χ4v) is 3.79. The zero-order chi connectivity index (χ0) is 23.8. The number of amides is 2. The van der Waals surface area contributed by atoms with Gasteiger partial charge in [0.15, 0.2) is 0 Å². The monoisotopic (exact) mass is 452 g/mol. The summed E-state index contributed by atoms with van der Waals surface area (Å²) in [6, 6.07) is 12.2. The highest BCUT2D eigenvalue weighted by Gasteiger charge is 2.26. The fourth-order valence-electron chi connectivity index (χ4n) is 3.79. The van der Waals surface area contributed by atoms with Crippen LogP contribution in [-0.4, -0.2) is 43.7 Å². The second kappa shape index (κ2) is 11.1. The molecule has 1 atom stereocenters. The Balaban J connectivity index is 1.62. The molecule has 9 nitrogen and oxygen atoms in total. The third-order valence-electron chi connectivity index (χ3n) is 5.53. The van der Waals surface area contributed by atoms with E-state index in [9.17, 15) is 19.7 Å². The van der Waals surface area contributed by atoms with Gasteiger partial charge in [-0.25, -0.2) is 9.59 Å². The number of piperidine rings is 1. The summed E-state index contributed by atoms with van der Waals surface area (Å²) in [5, 5.41) is 17.4. The molecule has 3 rings (SSSR count). The molecule has 2 aromatic carbocycles. The molecule has 0 saturated carbocycles. The number of nitro benzene ring substituents is 1. The number of nitrogens with zero attached hydrogens (tertiary/aromatic N) is 2. The van der Waals surface area contributed by atoms with E-state index < -0.39 is 10.9 Å².